The minimum Gasteiger partial charge on any atom is -0.493 e. The van der Waals surface area contributed by atoms with E-state index in [1.54, 1.807) is 6.08 Å². The lowest BCUT2D eigenvalue weighted by Crippen LogP contribution is -2.44. The van der Waals surface area contributed by atoms with Crippen LogP contribution in [0.25, 0.3) is 0 Å². The van der Waals surface area contributed by atoms with Gasteiger partial charge in [0.15, 0.2) is 11.5 Å². The van der Waals surface area contributed by atoms with E-state index in [2.05, 4.69) is 18.7 Å². The molecule has 0 aromatic rings. The lowest BCUT2D eigenvalue weighted by Gasteiger charge is -2.43. The van der Waals surface area contributed by atoms with E-state index in [0.29, 0.717) is 18.9 Å². The van der Waals surface area contributed by atoms with Crippen LogP contribution in [0.5, 0.6) is 0 Å². The number of hydrogen-bond donors (Lipinski definition) is 0. The van der Waals surface area contributed by atoms with Crippen molar-refractivity contribution in [2.45, 2.75) is 33.1 Å². The summed E-state index contributed by atoms with van der Waals surface area (Å²) in [5, 5.41) is 0. The molecule has 1 saturated heterocycles. The highest BCUT2D eigenvalue weighted by atomic mass is 16.5. The molecule has 2 aliphatic heterocycles. The first-order valence-electron chi connectivity index (χ1n) is 11.1. The van der Waals surface area contributed by atoms with Gasteiger partial charge in [0, 0.05) is 37.0 Å². The molecule has 0 radical (unpaired) electrons. The molecule has 126 valence electrons. The zero-order valence-corrected chi connectivity index (χ0v) is 13.6. The molecule has 1 fully saturated rings. The summed E-state index contributed by atoms with van der Waals surface area (Å²) in [4.78, 5) is 14.9. The van der Waals surface area contributed by atoms with Crippen molar-refractivity contribution in [1.29, 1.82) is 0 Å². The van der Waals surface area contributed by atoms with Crippen LogP contribution >= 0.6 is 0 Å². The van der Waals surface area contributed by atoms with E-state index in [4.69, 9.17) is 17.7 Å². The maximum atomic E-state index is 12.7. The number of carbonyl (C=O) groups excluding carboxylic acids is 1. The number of ketones is 1. The Morgan fingerprint density at radius 3 is 2.87 bits per heavy atom. The SMILES string of the molecule is [2H]C([2H])([2H])OC1=CC2=C3CC(=O)C(CC(C)C)CN3CCC2C=C1OC([2H])([2H])[2H]. The summed E-state index contributed by atoms with van der Waals surface area (Å²) in [5.74, 6) is 0.260. The molecule has 1 aliphatic carbocycles. The Hall–Kier alpha value is -1.71. The Kier molecular flexibility index (Phi) is 2.85. The summed E-state index contributed by atoms with van der Waals surface area (Å²) in [7, 11) is -5.47. The van der Waals surface area contributed by atoms with Crippen molar-refractivity contribution in [3.63, 3.8) is 0 Å². The molecule has 0 spiro atoms. The number of piperidine rings is 1. The number of allylic oxidation sites excluding steroid dienone is 4. The van der Waals surface area contributed by atoms with Crippen LogP contribution in [-0.4, -0.2) is 37.8 Å². The Morgan fingerprint density at radius 1 is 1.35 bits per heavy atom. The Labute approximate surface area is 147 Å². The van der Waals surface area contributed by atoms with Gasteiger partial charge in [-0.25, -0.2) is 0 Å². The maximum absolute atomic E-state index is 12.7. The number of ether oxygens (including phenoxy) is 2. The van der Waals surface area contributed by atoms with Gasteiger partial charge in [0.05, 0.1) is 22.3 Å². The van der Waals surface area contributed by atoms with Gasteiger partial charge in [0.1, 0.15) is 5.78 Å². The number of fused-ring (bicyclic) bond motifs is 2. The third-order valence-corrected chi connectivity index (χ3v) is 4.92. The van der Waals surface area contributed by atoms with E-state index in [1.807, 2.05) is 0 Å². The summed E-state index contributed by atoms with van der Waals surface area (Å²) < 4.78 is 54.3. The second kappa shape index (κ2) is 6.42. The van der Waals surface area contributed by atoms with Crippen LogP contribution in [0.4, 0.5) is 0 Å². The van der Waals surface area contributed by atoms with E-state index in [0.717, 1.165) is 30.7 Å². The number of methoxy groups -OCH3 is 2. The van der Waals surface area contributed by atoms with Crippen molar-refractivity contribution in [1.82, 2.24) is 4.90 Å². The minimum absolute atomic E-state index is 0.00608. The fourth-order valence-electron chi connectivity index (χ4n) is 3.85. The predicted octanol–water partition coefficient (Wildman–Crippen LogP) is 3.27. The first-order valence-corrected chi connectivity index (χ1v) is 8.15. The van der Waals surface area contributed by atoms with Gasteiger partial charge in [0.25, 0.3) is 0 Å². The smallest absolute Gasteiger partial charge is 0.160 e. The summed E-state index contributed by atoms with van der Waals surface area (Å²) >= 11 is 0. The third-order valence-electron chi connectivity index (χ3n) is 4.92. The van der Waals surface area contributed by atoms with Crippen LogP contribution in [0.3, 0.4) is 0 Å². The number of carbonyl (C=O) groups is 1. The van der Waals surface area contributed by atoms with Gasteiger partial charge in [-0.15, -0.1) is 0 Å². The Balaban J connectivity index is 1.95. The van der Waals surface area contributed by atoms with E-state index in [1.165, 1.54) is 6.08 Å². The molecule has 2 heterocycles. The molecule has 4 nitrogen and oxygen atoms in total. The number of hydrogen-bond acceptors (Lipinski definition) is 4. The van der Waals surface area contributed by atoms with Crippen LogP contribution in [0.15, 0.2) is 34.9 Å². The standard InChI is InChI=1S/C19H27NO3/c1-12(2)7-14-11-20-6-5-13-8-18(22-3)19(23-4)9-15(13)16(20)10-17(14)21/h8-9,12-14H,5-7,10-11H2,1-4H3/i3D3,4D3. The van der Waals surface area contributed by atoms with Crippen molar-refractivity contribution in [2.75, 3.05) is 27.2 Å². The van der Waals surface area contributed by atoms with E-state index < -0.39 is 14.1 Å². The molecule has 0 amide bonds. The second-order valence-corrected chi connectivity index (χ2v) is 6.96. The molecule has 0 N–H and O–H groups in total. The van der Waals surface area contributed by atoms with Crippen LogP contribution in [0, 0.1) is 17.8 Å². The molecule has 2 atom stereocenters. The first-order chi connectivity index (χ1) is 13.3. The van der Waals surface area contributed by atoms with Crippen LogP contribution in [-0.2, 0) is 14.3 Å². The quantitative estimate of drug-likeness (QED) is 0.796. The number of nitrogens with zero attached hydrogens (tertiary/aromatic N) is 1. The van der Waals surface area contributed by atoms with Gasteiger partial charge >= 0.3 is 0 Å². The maximum Gasteiger partial charge on any atom is 0.160 e. The number of Topliss-reactive ketones (excluding diaryl/α,β-unsaturated/α-hetero) is 1. The Bertz CT molecular complexity index is 763. The van der Waals surface area contributed by atoms with Crippen molar-refractivity contribution in [3.05, 3.63) is 34.9 Å². The van der Waals surface area contributed by atoms with E-state index in [-0.39, 0.29) is 29.1 Å². The zero-order chi connectivity index (χ0) is 21.6. The van der Waals surface area contributed by atoms with Gasteiger partial charge in [0.2, 0.25) is 0 Å². The topological polar surface area (TPSA) is 38.8 Å². The molecule has 0 bridgehead atoms. The molecule has 0 aromatic carbocycles. The Morgan fingerprint density at radius 2 is 2.13 bits per heavy atom. The van der Waals surface area contributed by atoms with Gasteiger partial charge in [-0.05, 0) is 36.5 Å². The molecular formula is C19H27NO3. The highest BCUT2D eigenvalue weighted by Crippen LogP contribution is 2.40. The normalized spacial score (nSPS) is 32.3. The van der Waals surface area contributed by atoms with Crippen LogP contribution in [0.2, 0.25) is 0 Å². The van der Waals surface area contributed by atoms with Crippen molar-refractivity contribution >= 4 is 5.78 Å². The van der Waals surface area contributed by atoms with Crippen molar-refractivity contribution in [3.8, 4) is 0 Å². The lowest BCUT2D eigenvalue weighted by atomic mass is 9.79. The second-order valence-electron chi connectivity index (χ2n) is 6.96. The summed E-state index contributed by atoms with van der Waals surface area (Å²) in [6.45, 7) is 5.63. The third kappa shape index (κ3) is 3.04. The van der Waals surface area contributed by atoms with Crippen LogP contribution in [0.1, 0.15) is 41.3 Å². The van der Waals surface area contributed by atoms with Gasteiger partial charge in [-0.3, -0.25) is 4.79 Å². The van der Waals surface area contributed by atoms with Gasteiger partial charge in [-0.2, -0.15) is 0 Å². The van der Waals surface area contributed by atoms with Gasteiger partial charge in [-0.1, -0.05) is 13.8 Å². The number of rotatable bonds is 4. The minimum atomic E-state index is -2.75. The molecule has 3 rings (SSSR count). The monoisotopic (exact) mass is 323 g/mol. The van der Waals surface area contributed by atoms with Gasteiger partial charge < -0.3 is 14.4 Å². The van der Waals surface area contributed by atoms with Crippen molar-refractivity contribution in [2.24, 2.45) is 17.8 Å². The highest BCUT2D eigenvalue weighted by Gasteiger charge is 2.37. The summed E-state index contributed by atoms with van der Waals surface area (Å²) in [6, 6.07) is 0. The first kappa shape index (κ1) is 10.2. The zero-order valence-electron chi connectivity index (χ0n) is 19.6. The largest absolute Gasteiger partial charge is 0.493 e. The highest BCUT2D eigenvalue weighted by molar-refractivity contribution is 5.85. The molecule has 0 saturated carbocycles. The lowest BCUT2D eigenvalue weighted by molar-refractivity contribution is -0.125. The molecule has 3 aliphatic rings. The molecule has 0 aromatic heterocycles. The van der Waals surface area contributed by atoms with E-state index in [9.17, 15) is 4.79 Å². The molecule has 4 heteroatoms. The molecular weight excluding hydrogens is 290 g/mol. The average Bonchev–Trinajstić information content (AvgIpc) is 2.53. The van der Waals surface area contributed by atoms with Crippen molar-refractivity contribution < 1.29 is 22.5 Å². The van der Waals surface area contributed by atoms with Crippen LogP contribution < -0.4 is 0 Å². The summed E-state index contributed by atoms with van der Waals surface area (Å²) in [6.07, 6.45) is 5.02. The fraction of sp³-hybridized carbons (Fsp3) is 0.632. The van der Waals surface area contributed by atoms with E-state index >= 15 is 0 Å². The summed E-state index contributed by atoms with van der Waals surface area (Å²) in [5.41, 5.74) is 1.69. The fourth-order valence-corrected chi connectivity index (χ4v) is 3.85. The molecule has 2 unspecified atom stereocenters. The average molecular weight is 323 g/mol. The molecule has 23 heavy (non-hydrogen) atoms. The predicted molar refractivity (Wildman–Crippen MR) is 89.5 cm³/mol.